The number of amides is 1. The highest BCUT2D eigenvalue weighted by molar-refractivity contribution is 5.97. The monoisotopic (exact) mass is 218 g/mol. The Kier molecular flexibility index (Phi) is 3.13. The number of hydrogen-bond donors (Lipinski definition) is 1. The molecular weight excluding hydrogens is 200 g/mol. The highest BCUT2D eigenvalue weighted by Crippen LogP contribution is 2.21. The van der Waals surface area contributed by atoms with Crippen LogP contribution in [-0.2, 0) is 6.42 Å². The number of fused-ring (bicyclic) bond motifs is 1. The summed E-state index contributed by atoms with van der Waals surface area (Å²) in [7, 11) is 0. The van der Waals surface area contributed by atoms with Crippen LogP contribution in [0.2, 0.25) is 0 Å². The molecule has 0 fully saturated rings. The lowest BCUT2D eigenvalue weighted by Crippen LogP contribution is -2.38. The Morgan fingerprint density at radius 2 is 2.25 bits per heavy atom. The molecule has 0 atom stereocenters. The molecule has 1 aromatic rings. The van der Waals surface area contributed by atoms with Crippen molar-refractivity contribution in [2.75, 3.05) is 18.8 Å². The van der Waals surface area contributed by atoms with Crippen molar-refractivity contribution in [1.29, 1.82) is 0 Å². The highest BCUT2D eigenvalue weighted by Gasteiger charge is 2.23. The van der Waals surface area contributed by atoms with Crippen molar-refractivity contribution >= 4 is 11.6 Å². The second-order valence-electron chi connectivity index (χ2n) is 4.31. The summed E-state index contributed by atoms with van der Waals surface area (Å²) in [5, 5.41) is 0. The molecule has 0 radical (unpaired) electrons. The minimum absolute atomic E-state index is 0.141. The minimum Gasteiger partial charge on any atom is -0.399 e. The zero-order chi connectivity index (χ0) is 11.5. The van der Waals surface area contributed by atoms with Crippen LogP contribution >= 0.6 is 0 Å². The van der Waals surface area contributed by atoms with Gasteiger partial charge in [0.05, 0.1) is 0 Å². The van der Waals surface area contributed by atoms with Gasteiger partial charge in [-0.05, 0) is 30.5 Å². The Morgan fingerprint density at radius 3 is 3.00 bits per heavy atom. The molecule has 1 aromatic carbocycles. The van der Waals surface area contributed by atoms with Crippen LogP contribution in [0.4, 0.5) is 5.69 Å². The van der Waals surface area contributed by atoms with E-state index in [9.17, 15) is 4.79 Å². The van der Waals surface area contributed by atoms with E-state index in [0.29, 0.717) is 5.69 Å². The zero-order valence-corrected chi connectivity index (χ0v) is 9.70. The molecule has 0 spiro atoms. The predicted octanol–water partition coefficient (Wildman–Crippen LogP) is 2.07. The molecule has 86 valence electrons. The third-order valence-electron chi connectivity index (χ3n) is 3.08. The van der Waals surface area contributed by atoms with E-state index in [1.54, 1.807) is 6.07 Å². The van der Waals surface area contributed by atoms with E-state index in [-0.39, 0.29) is 5.91 Å². The molecule has 0 unspecified atom stereocenters. The first-order valence-corrected chi connectivity index (χ1v) is 5.90. The fourth-order valence-electron chi connectivity index (χ4n) is 2.10. The molecule has 16 heavy (non-hydrogen) atoms. The molecule has 1 aliphatic rings. The van der Waals surface area contributed by atoms with Crippen LogP contribution in [0, 0.1) is 0 Å². The average molecular weight is 218 g/mol. The van der Waals surface area contributed by atoms with Crippen LogP contribution in [0.3, 0.4) is 0 Å². The van der Waals surface area contributed by atoms with Crippen LogP contribution < -0.4 is 5.73 Å². The number of rotatable bonds is 3. The predicted molar refractivity (Wildman–Crippen MR) is 65.4 cm³/mol. The first-order chi connectivity index (χ1) is 7.72. The molecule has 1 aliphatic heterocycles. The normalized spacial score (nSPS) is 15.1. The van der Waals surface area contributed by atoms with Gasteiger partial charge in [0.1, 0.15) is 0 Å². The van der Waals surface area contributed by atoms with Gasteiger partial charge in [0.2, 0.25) is 0 Å². The molecule has 0 saturated carbocycles. The molecule has 1 heterocycles. The topological polar surface area (TPSA) is 46.3 Å². The van der Waals surface area contributed by atoms with E-state index in [1.165, 1.54) is 0 Å². The van der Waals surface area contributed by atoms with E-state index >= 15 is 0 Å². The van der Waals surface area contributed by atoms with Crippen molar-refractivity contribution in [2.45, 2.75) is 26.2 Å². The Bertz CT molecular complexity index is 401. The number of unbranched alkanes of at least 4 members (excludes halogenated alkanes) is 1. The smallest absolute Gasteiger partial charge is 0.254 e. The quantitative estimate of drug-likeness (QED) is 0.789. The maximum atomic E-state index is 12.1. The number of anilines is 1. The van der Waals surface area contributed by atoms with E-state index in [0.717, 1.165) is 43.5 Å². The van der Waals surface area contributed by atoms with Gasteiger partial charge in [0.25, 0.3) is 5.91 Å². The van der Waals surface area contributed by atoms with Crippen molar-refractivity contribution in [3.05, 3.63) is 29.3 Å². The van der Waals surface area contributed by atoms with Gasteiger partial charge in [0, 0.05) is 24.3 Å². The highest BCUT2D eigenvalue weighted by atomic mass is 16.2. The molecule has 2 N–H and O–H groups in total. The van der Waals surface area contributed by atoms with Crippen molar-refractivity contribution < 1.29 is 4.79 Å². The van der Waals surface area contributed by atoms with Gasteiger partial charge in [-0.15, -0.1) is 0 Å². The van der Waals surface area contributed by atoms with Crippen LogP contribution in [-0.4, -0.2) is 23.9 Å². The lowest BCUT2D eigenvalue weighted by atomic mass is 9.98. The fraction of sp³-hybridized carbons (Fsp3) is 0.462. The van der Waals surface area contributed by atoms with Gasteiger partial charge < -0.3 is 10.6 Å². The Labute approximate surface area is 96.2 Å². The lowest BCUT2D eigenvalue weighted by molar-refractivity contribution is 0.0737. The maximum Gasteiger partial charge on any atom is 0.254 e. The van der Waals surface area contributed by atoms with Crippen molar-refractivity contribution in [2.24, 2.45) is 0 Å². The first kappa shape index (κ1) is 11.0. The van der Waals surface area contributed by atoms with E-state index in [1.807, 2.05) is 17.0 Å². The summed E-state index contributed by atoms with van der Waals surface area (Å²) >= 11 is 0. The van der Waals surface area contributed by atoms with Gasteiger partial charge in [-0.2, -0.15) is 0 Å². The van der Waals surface area contributed by atoms with Crippen molar-refractivity contribution in [1.82, 2.24) is 4.90 Å². The van der Waals surface area contributed by atoms with Crippen LogP contribution in [0.1, 0.15) is 35.7 Å². The van der Waals surface area contributed by atoms with E-state index < -0.39 is 0 Å². The first-order valence-electron chi connectivity index (χ1n) is 5.90. The number of nitrogens with zero attached hydrogens (tertiary/aromatic N) is 1. The standard InChI is InChI=1S/C13H18N2O/c1-2-3-7-15-8-6-10-4-5-11(14)9-12(10)13(15)16/h4-5,9H,2-3,6-8,14H2,1H3. The third-order valence-corrected chi connectivity index (χ3v) is 3.08. The summed E-state index contributed by atoms with van der Waals surface area (Å²) in [4.78, 5) is 14.1. The minimum atomic E-state index is 0.141. The van der Waals surface area contributed by atoms with E-state index in [2.05, 4.69) is 6.92 Å². The lowest BCUT2D eigenvalue weighted by Gasteiger charge is -2.28. The number of benzene rings is 1. The summed E-state index contributed by atoms with van der Waals surface area (Å²) in [6, 6.07) is 5.64. The van der Waals surface area contributed by atoms with Gasteiger partial charge in [-0.3, -0.25) is 4.79 Å². The Hall–Kier alpha value is -1.51. The van der Waals surface area contributed by atoms with Crippen LogP contribution in [0.15, 0.2) is 18.2 Å². The van der Waals surface area contributed by atoms with Gasteiger partial charge >= 0.3 is 0 Å². The summed E-state index contributed by atoms with van der Waals surface area (Å²) in [6.45, 7) is 3.85. The maximum absolute atomic E-state index is 12.1. The molecule has 0 aliphatic carbocycles. The SMILES string of the molecule is CCCCN1CCc2ccc(N)cc2C1=O. The largest absolute Gasteiger partial charge is 0.399 e. The molecule has 0 aromatic heterocycles. The summed E-state index contributed by atoms with van der Waals surface area (Å²) in [5.41, 5.74) is 8.31. The number of carbonyl (C=O) groups is 1. The third kappa shape index (κ3) is 2.03. The van der Waals surface area contributed by atoms with Crippen molar-refractivity contribution in [3.8, 4) is 0 Å². The number of carbonyl (C=O) groups excluding carboxylic acids is 1. The van der Waals surface area contributed by atoms with Crippen LogP contribution in [0.5, 0.6) is 0 Å². The molecule has 0 bridgehead atoms. The molecule has 3 heteroatoms. The molecular formula is C13H18N2O. The molecule has 2 rings (SSSR count). The summed E-state index contributed by atoms with van der Waals surface area (Å²) in [5.74, 6) is 0.141. The van der Waals surface area contributed by atoms with Gasteiger partial charge in [-0.25, -0.2) is 0 Å². The Balaban J connectivity index is 2.20. The summed E-state index contributed by atoms with van der Waals surface area (Å²) in [6.07, 6.45) is 3.14. The van der Waals surface area contributed by atoms with E-state index in [4.69, 9.17) is 5.73 Å². The summed E-state index contributed by atoms with van der Waals surface area (Å²) < 4.78 is 0. The zero-order valence-electron chi connectivity index (χ0n) is 9.70. The second kappa shape index (κ2) is 4.56. The number of nitrogens with two attached hydrogens (primary N) is 1. The molecule has 1 amide bonds. The number of nitrogen functional groups attached to an aromatic ring is 1. The Morgan fingerprint density at radius 1 is 1.44 bits per heavy atom. The second-order valence-corrected chi connectivity index (χ2v) is 4.31. The van der Waals surface area contributed by atoms with Crippen LogP contribution in [0.25, 0.3) is 0 Å². The van der Waals surface area contributed by atoms with Gasteiger partial charge in [-0.1, -0.05) is 19.4 Å². The fourth-order valence-corrected chi connectivity index (χ4v) is 2.10. The average Bonchev–Trinajstić information content (AvgIpc) is 2.29. The molecule has 0 saturated heterocycles. The number of hydrogen-bond acceptors (Lipinski definition) is 2. The molecule has 3 nitrogen and oxygen atoms in total. The van der Waals surface area contributed by atoms with Crippen molar-refractivity contribution in [3.63, 3.8) is 0 Å². The van der Waals surface area contributed by atoms with Gasteiger partial charge in [0.15, 0.2) is 0 Å².